The van der Waals surface area contributed by atoms with E-state index in [4.69, 9.17) is 0 Å². The van der Waals surface area contributed by atoms with E-state index in [1.165, 1.54) is 18.2 Å². The number of aryl methyl sites for hydroxylation is 1. The number of carbonyl (C=O) groups is 1. The number of nitrogens with zero attached hydrogens (tertiary/aromatic N) is 2. The zero-order valence-electron chi connectivity index (χ0n) is 15.2. The van der Waals surface area contributed by atoms with E-state index < -0.39 is 0 Å². The second kappa shape index (κ2) is 8.94. The molecule has 0 unspecified atom stereocenters. The lowest BCUT2D eigenvalue weighted by atomic mass is 10.1. The number of hydrogen-bond donors (Lipinski definition) is 1. The molecule has 0 radical (unpaired) electrons. The minimum Gasteiger partial charge on any atom is -0.342 e. The molecule has 3 aromatic rings. The van der Waals surface area contributed by atoms with Gasteiger partial charge in [0.1, 0.15) is 5.82 Å². The summed E-state index contributed by atoms with van der Waals surface area (Å²) in [5.74, 6) is -0.416. The maximum Gasteiger partial charge on any atom is 0.246 e. The van der Waals surface area contributed by atoms with E-state index >= 15 is 0 Å². The van der Waals surface area contributed by atoms with Crippen molar-refractivity contribution in [3.05, 3.63) is 83.8 Å². The number of likely N-dealkylation sites (N-methyl/N-ethyl adjacent to an activating group) is 1. The Kier molecular flexibility index (Phi) is 6.15. The molecular formula is C22H22FN3O. The van der Waals surface area contributed by atoms with Crippen LogP contribution in [0.5, 0.6) is 0 Å². The lowest BCUT2D eigenvalue weighted by Crippen LogP contribution is -2.26. The molecule has 2 aromatic carbocycles. The first kappa shape index (κ1) is 18.6. The molecule has 0 aliphatic heterocycles. The van der Waals surface area contributed by atoms with Gasteiger partial charge >= 0.3 is 0 Å². The number of aromatic nitrogens is 2. The molecule has 1 aromatic heterocycles. The molecule has 5 heteroatoms. The predicted octanol–water partition coefficient (Wildman–Crippen LogP) is 4.32. The van der Waals surface area contributed by atoms with Crippen molar-refractivity contribution in [2.45, 2.75) is 12.8 Å². The van der Waals surface area contributed by atoms with Crippen molar-refractivity contribution in [2.75, 3.05) is 13.6 Å². The van der Waals surface area contributed by atoms with Gasteiger partial charge in [-0.15, -0.1) is 0 Å². The smallest absolute Gasteiger partial charge is 0.246 e. The highest BCUT2D eigenvalue weighted by molar-refractivity contribution is 5.91. The third-order valence-corrected chi connectivity index (χ3v) is 4.28. The molecule has 27 heavy (non-hydrogen) atoms. The van der Waals surface area contributed by atoms with Gasteiger partial charge in [0.2, 0.25) is 5.91 Å². The Morgan fingerprint density at radius 2 is 1.96 bits per heavy atom. The molecule has 1 N–H and O–H groups in total. The molecule has 3 rings (SSSR count). The van der Waals surface area contributed by atoms with Crippen LogP contribution in [0.4, 0.5) is 4.39 Å². The Labute approximate surface area is 158 Å². The maximum atomic E-state index is 13.2. The van der Waals surface area contributed by atoms with E-state index in [2.05, 4.69) is 10.2 Å². The topological polar surface area (TPSA) is 49.0 Å². The highest BCUT2D eigenvalue weighted by Crippen LogP contribution is 2.17. The highest BCUT2D eigenvalue weighted by Gasteiger charge is 2.07. The maximum absolute atomic E-state index is 13.2. The van der Waals surface area contributed by atoms with Crippen LogP contribution in [-0.4, -0.2) is 34.6 Å². The van der Waals surface area contributed by atoms with Crippen molar-refractivity contribution in [3.8, 4) is 11.3 Å². The number of H-pyrrole nitrogens is 1. The fourth-order valence-corrected chi connectivity index (χ4v) is 2.77. The van der Waals surface area contributed by atoms with Crippen molar-refractivity contribution in [2.24, 2.45) is 0 Å². The number of amides is 1. The molecule has 0 atom stereocenters. The average molecular weight is 363 g/mol. The molecule has 1 heterocycles. The monoisotopic (exact) mass is 363 g/mol. The van der Waals surface area contributed by atoms with Gasteiger partial charge in [-0.3, -0.25) is 9.89 Å². The molecule has 0 saturated heterocycles. The summed E-state index contributed by atoms with van der Waals surface area (Å²) in [5, 5.41) is 7.40. The zero-order valence-corrected chi connectivity index (χ0v) is 15.2. The first-order valence-corrected chi connectivity index (χ1v) is 8.90. The SMILES string of the molecule is CN(CCCc1cc(-c2ccccc2)n[nH]1)C(=O)C=Cc1cccc(F)c1. The number of halogens is 1. The molecule has 1 amide bonds. The van der Waals surface area contributed by atoms with Crippen molar-refractivity contribution < 1.29 is 9.18 Å². The van der Waals surface area contributed by atoms with Crippen LogP contribution < -0.4 is 0 Å². The van der Waals surface area contributed by atoms with Crippen molar-refractivity contribution in [3.63, 3.8) is 0 Å². The summed E-state index contributed by atoms with van der Waals surface area (Å²) in [6.07, 6.45) is 4.74. The van der Waals surface area contributed by atoms with Crippen molar-refractivity contribution in [1.82, 2.24) is 15.1 Å². The van der Waals surface area contributed by atoms with Crippen LogP contribution in [-0.2, 0) is 11.2 Å². The standard InChI is InChI=1S/C22H22FN3O/c1-26(22(27)13-12-17-7-5-10-19(23)15-17)14-6-11-20-16-21(25-24-20)18-8-3-2-4-9-18/h2-5,7-10,12-13,15-16H,6,11,14H2,1H3,(H,24,25). The summed E-state index contributed by atoms with van der Waals surface area (Å²) in [6.45, 7) is 0.631. The quantitative estimate of drug-likeness (QED) is 0.636. The van der Waals surface area contributed by atoms with E-state index in [9.17, 15) is 9.18 Å². The Bertz CT molecular complexity index is 918. The Morgan fingerprint density at radius 3 is 2.74 bits per heavy atom. The zero-order chi connectivity index (χ0) is 19.1. The number of benzene rings is 2. The molecule has 138 valence electrons. The van der Waals surface area contributed by atoms with Crippen LogP contribution in [0.15, 0.2) is 66.7 Å². The van der Waals surface area contributed by atoms with Crippen LogP contribution in [0.1, 0.15) is 17.7 Å². The van der Waals surface area contributed by atoms with Crippen molar-refractivity contribution in [1.29, 1.82) is 0 Å². The first-order chi connectivity index (χ1) is 13.1. The number of nitrogens with one attached hydrogen (secondary N) is 1. The van der Waals surface area contributed by atoms with Crippen LogP contribution in [0.25, 0.3) is 17.3 Å². The third kappa shape index (κ3) is 5.38. The van der Waals surface area contributed by atoms with Crippen LogP contribution in [0.3, 0.4) is 0 Å². The summed E-state index contributed by atoms with van der Waals surface area (Å²) in [4.78, 5) is 13.8. The fourth-order valence-electron chi connectivity index (χ4n) is 2.77. The minimum atomic E-state index is -0.313. The molecule has 0 aliphatic carbocycles. The molecule has 4 nitrogen and oxygen atoms in total. The Balaban J connectivity index is 1.47. The first-order valence-electron chi connectivity index (χ1n) is 8.90. The van der Waals surface area contributed by atoms with Gasteiger partial charge < -0.3 is 4.90 Å². The lowest BCUT2D eigenvalue weighted by molar-refractivity contribution is -0.124. The Morgan fingerprint density at radius 1 is 1.15 bits per heavy atom. The van der Waals surface area contributed by atoms with E-state index in [0.29, 0.717) is 12.1 Å². The summed E-state index contributed by atoms with van der Waals surface area (Å²) in [5.41, 5.74) is 3.72. The van der Waals surface area contributed by atoms with Gasteiger partial charge in [-0.05, 0) is 42.7 Å². The molecule has 0 fully saturated rings. The summed E-state index contributed by atoms with van der Waals surface area (Å²) >= 11 is 0. The summed E-state index contributed by atoms with van der Waals surface area (Å²) in [7, 11) is 1.76. The van der Waals surface area contributed by atoms with E-state index in [-0.39, 0.29) is 11.7 Å². The van der Waals surface area contributed by atoms with Gasteiger partial charge in [-0.1, -0.05) is 42.5 Å². The van der Waals surface area contributed by atoms with Gasteiger partial charge in [0.05, 0.1) is 5.69 Å². The summed E-state index contributed by atoms with van der Waals surface area (Å²) in [6, 6.07) is 18.2. The van der Waals surface area contributed by atoms with Crippen LogP contribution in [0.2, 0.25) is 0 Å². The molecule has 0 aliphatic rings. The van der Waals surface area contributed by atoms with Gasteiger partial charge in [0.15, 0.2) is 0 Å². The minimum absolute atomic E-state index is 0.103. The molecule has 0 spiro atoms. The highest BCUT2D eigenvalue weighted by atomic mass is 19.1. The molecular weight excluding hydrogens is 341 g/mol. The largest absolute Gasteiger partial charge is 0.342 e. The molecule has 0 saturated carbocycles. The van der Waals surface area contributed by atoms with Crippen molar-refractivity contribution >= 4 is 12.0 Å². The van der Waals surface area contributed by atoms with Gasteiger partial charge in [-0.25, -0.2) is 4.39 Å². The number of rotatable bonds is 7. The second-order valence-electron chi connectivity index (χ2n) is 6.40. The Hall–Kier alpha value is -3.21. The number of carbonyl (C=O) groups excluding carboxylic acids is 1. The van der Waals surface area contributed by atoms with Crippen LogP contribution >= 0.6 is 0 Å². The van der Waals surface area contributed by atoms with E-state index in [1.807, 2.05) is 36.4 Å². The fraction of sp³-hybridized carbons (Fsp3) is 0.182. The molecule has 0 bridgehead atoms. The van der Waals surface area contributed by atoms with Gasteiger partial charge in [0.25, 0.3) is 0 Å². The number of aromatic amines is 1. The third-order valence-electron chi connectivity index (χ3n) is 4.28. The van der Waals surface area contributed by atoms with Gasteiger partial charge in [0, 0.05) is 30.9 Å². The van der Waals surface area contributed by atoms with E-state index in [1.54, 1.807) is 30.2 Å². The lowest BCUT2D eigenvalue weighted by Gasteiger charge is -2.14. The predicted molar refractivity (Wildman–Crippen MR) is 105 cm³/mol. The number of hydrogen-bond acceptors (Lipinski definition) is 2. The average Bonchev–Trinajstić information content (AvgIpc) is 3.16. The second-order valence-corrected chi connectivity index (χ2v) is 6.40. The van der Waals surface area contributed by atoms with Gasteiger partial charge in [-0.2, -0.15) is 5.10 Å². The van der Waals surface area contributed by atoms with Crippen LogP contribution in [0, 0.1) is 5.82 Å². The summed E-state index contributed by atoms with van der Waals surface area (Å²) < 4.78 is 13.2. The normalized spacial score (nSPS) is 11.0. The van der Waals surface area contributed by atoms with E-state index in [0.717, 1.165) is 29.8 Å².